The predicted molar refractivity (Wildman–Crippen MR) is 89.2 cm³/mol. The molecule has 1 aromatic carbocycles. The van der Waals surface area contributed by atoms with Gasteiger partial charge in [-0.1, -0.05) is 13.8 Å². The first kappa shape index (κ1) is 16.4. The van der Waals surface area contributed by atoms with Crippen molar-refractivity contribution in [2.45, 2.75) is 39.2 Å². The average Bonchev–Trinajstić information content (AvgIpc) is 3.15. The number of benzene rings is 1. The van der Waals surface area contributed by atoms with Crippen LogP contribution in [0, 0.1) is 5.92 Å². The molecule has 0 N–H and O–H groups in total. The van der Waals surface area contributed by atoms with E-state index in [1.807, 2.05) is 4.90 Å². The van der Waals surface area contributed by atoms with Gasteiger partial charge in [0, 0.05) is 18.2 Å². The van der Waals surface area contributed by atoms with E-state index in [-0.39, 0.29) is 5.91 Å². The first-order valence-corrected chi connectivity index (χ1v) is 8.34. The smallest absolute Gasteiger partial charge is 0.254 e. The third-order valence-electron chi connectivity index (χ3n) is 4.60. The predicted octanol–water partition coefficient (Wildman–Crippen LogP) is 2.32. The molecule has 2 aromatic rings. The zero-order valence-corrected chi connectivity index (χ0v) is 14.3. The Morgan fingerprint density at radius 2 is 2.17 bits per heavy atom. The van der Waals surface area contributed by atoms with Crippen LogP contribution in [0.15, 0.2) is 24.5 Å². The van der Waals surface area contributed by atoms with E-state index in [0.29, 0.717) is 29.0 Å². The van der Waals surface area contributed by atoms with Crippen molar-refractivity contribution in [1.29, 1.82) is 0 Å². The number of hydrogen-bond donors (Lipinski definition) is 0. The highest BCUT2D eigenvalue weighted by Crippen LogP contribution is 2.28. The Kier molecular flexibility index (Phi) is 4.78. The van der Waals surface area contributed by atoms with Crippen molar-refractivity contribution in [2.24, 2.45) is 5.92 Å². The summed E-state index contributed by atoms with van der Waals surface area (Å²) >= 11 is 0. The van der Waals surface area contributed by atoms with Crippen molar-refractivity contribution in [1.82, 2.24) is 25.1 Å². The van der Waals surface area contributed by atoms with Crippen LogP contribution in [-0.4, -0.2) is 50.7 Å². The van der Waals surface area contributed by atoms with E-state index in [9.17, 15) is 4.79 Å². The number of likely N-dealkylation sites (tertiary alicyclic amines) is 1. The van der Waals surface area contributed by atoms with E-state index in [1.165, 1.54) is 17.4 Å². The van der Waals surface area contributed by atoms with Crippen molar-refractivity contribution in [3.8, 4) is 11.4 Å². The molecule has 0 aliphatic carbocycles. The molecule has 2 heterocycles. The van der Waals surface area contributed by atoms with Crippen LogP contribution < -0.4 is 4.74 Å². The van der Waals surface area contributed by atoms with Crippen LogP contribution >= 0.6 is 0 Å². The van der Waals surface area contributed by atoms with Gasteiger partial charge in [-0.15, -0.1) is 5.10 Å². The van der Waals surface area contributed by atoms with Crippen molar-refractivity contribution >= 4 is 5.91 Å². The number of piperidine rings is 1. The molecule has 7 heteroatoms. The van der Waals surface area contributed by atoms with E-state index in [0.717, 1.165) is 19.4 Å². The van der Waals surface area contributed by atoms with Gasteiger partial charge in [0.1, 0.15) is 17.8 Å². The maximum absolute atomic E-state index is 13.1. The monoisotopic (exact) mass is 329 g/mol. The number of carbonyl (C=O) groups is 1. The summed E-state index contributed by atoms with van der Waals surface area (Å²) in [5.74, 6) is 1.13. The van der Waals surface area contributed by atoms with Gasteiger partial charge in [-0.25, -0.2) is 0 Å². The van der Waals surface area contributed by atoms with Crippen LogP contribution in [0.25, 0.3) is 5.69 Å². The number of tetrazole rings is 1. The largest absolute Gasteiger partial charge is 0.494 e. The normalized spacial score (nSPS) is 18.0. The zero-order valence-electron chi connectivity index (χ0n) is 14.3. The number of rotatable bonds is 4. The van der Waals surface area contributed by atoms with Crippen molar-refractivity contribution < 1.29 is 9.53 Å². The van der Waals surface area contributed by atoms with Crippen LogP contribution in [0.1, 0.15) is 43.5 Å². The summed E-state index contributed by atoms with van der Waals surface area (Å²) in [6, 6.07) is 5.69. The first-order valence-electron chi connectivity index (χ1n) is 8.34. The van der Waals surface area contributed by atoms with E-state index < -0.39 is 0 Å². The van der Waals surface area contributed by atoms with Crippen LogP contribution in [-0.2, 0) is 0 Å². The molecule has 1 atom stereocenters. The molecule has 128 valence electrons. The second-order valence-electron chi connectivity index (χ2n) is 6.45. The molecule has 3 rings (SSSR count). The highest BCUT2D eigenvalue weighted by Gasteiger charge is 2.29. The Morgan fingerprint density at radius 3 is 2.83 bits per heavy atom. The Balaban J connectivity index is 1.94. The fourth-order valence-electron chi connectivity index (χ4n) is 3.34. The van der Waals surface area contributed by atoms with Gasteiger partial charge in [0.25, 0.3) is 5.91 Å². The van der Waals surface area contributed by atoms with E-state index >= 15 is 0 Å². The van der Waals surface area contributed by atoms with Crippen molar-refractivity contribution in [3.63, 3.8) is 0 Å². The highest BCUT2D eigenvalue weighted by atomic mass is 16.5. The molecule has 0 radical (unpaired) electrons. The number of nitrogens with zero attached hydrogens (tertiary/aromatic N) is 5. The maximum Gasteiger partial charge on any atom is 0.254 e. The molecule has 0 saturated carbocycles. The summed E-state index contributed by atoms with van der Waals surface area (Å²) in [6.45, 7) is 5.17. The number of carbonyl (C=O) groups excluding carboxylic acids is 1. The summed E-state index contributed by atoms with van der Waals surface area (Å²) < 4.78 is 6.87. The molecule has 7 nitrogen and oxygen atoms in total. The quantitative estimate of drug-likeness (QED) is 0.861. The van der Waals surface area contributed by atoms with Crippen LogP contribution in [0.4, 0.5) is 0 Å². The molecule has 24 heavy (non-hydrogen) atoms. The van der Waals surface area contributed by atoms with Gasteiger partial charge in [0.05, 0.1) is 7.11 Å². The van der Waals surface area contributed by atoms with Gasteiger partial charge in [0.2, 0.25) is 0 Å². The molecule has 1 aliphatic heterocycles. The van der Waals surface area contributed by atoms with Gasteiger partial charge >= 0.3 is 0 Å². The van der Waals surface area contributed by atoms with Gasteiger partial charge < -0.3 is 9.64 Å². The highest BCUT2D eigenvalue weighted by molar-refractivity contribution is 5.95. The third-order valence-corrected chi connectivity index (χ3v) is 4.60. The molecule has 1 fully saturated rings. The molecule has 1 aromatic heterocycles. The lowest BCUT2D eigenvalue weighted by molar-refractivity contribution is 0.0543. The summed E-state index contributed by atoms with van der Waals surface area (Å²) in [5, 5.41) is 11.2. The SMILES string of the molecule is COc1ccc(C(=O)N2CCCC[C@@H]2C(C)C)cc1-n1cnnn1. The lowest BCUT2D eigenvalue weighted by atomic mass is 9.92. The number of hydrogen-bond acceptors (Lipinski definition) is 5. The molecule has 1 saturated heterocycles. The maximum atomic E-state index is 13.1. The average molecular weight is 329 g/mol. The lowest BCUT2D eigenvalue weighted by Crippen LogP contribution is -2.46. The van der Waals surface area contributed by atoms with Crippen molar-refractivity contribution in [2.75, 3.05) is 13.7 Å². The number of methoxy groups -OCH3 is 1. The summed E-state index contributed by atoms with van der Waals surface area (Å²) in [6.07, 6.45) is 4.80. The molecule has 0 bridgehead atoms. The van der Waals surface area contributed by atoms with Gasteiger partial charge in [0.15, 0.2) is 0 Å². The standard InChI is InChI=1S/C17H23N5O2/c1-12(2)14-6-4-5-9-21(14)17(23)13-7-8-16(24-3)15(10-13)22-11-18-19-20-22/h7-8,10-12,14H,4-6,9H2,1-3H3/t14-/m1/s1. The molecule has 1 aliphatic rings. The third kappa shape index (κ3) is 3.11. The zero-order chi connectivity index (χ0) is 17.1. The fraction of sp³-hybridized carbons (Fsp3) is 0.529. The first-order chi connectivity index (χ1) is 11.6. The lowest BCUT2D eigenvalue weighted by Gasteiger charge is -2.38. The van der Waals surface area contributed by atoms with Gasteiger partial charge in [-0.2, -0.15) is 4.68 Å². The minimum Gasteiger partial charge on any atom is -0.494 e. The Hall–Kier alpha value is -2.44. The number of amides is 1. The van der Waals surface area contributed by atoms with Crippen LogP contribution in [0.5, 0.6) is 5.75 Å². The van der Waals surface area contributed by atoms with Crippen LogP contribution in [0.3, 0.4) is 0 Å². The molecule has 0 unspecified atom stereocenters. The fourth-order valence-corrected chi connectivity index (χ4v) is 3.34. The second-order valence-corrected chi connectivity index (χ2v) is 6.45. The number of aromatic nitrogens is 4. The van der Waals surface area contributed by atoms with E-state index in [4.69, 9.17) is 4.74 Å². The van der Waals surface area contributed by atoms with Gasteiger partial charge in [-0.05, 0) is 53.8 Å². The summed E-state index contributed by atoms with van der Waals surface area (Å²) in [4.78, 5) is 15.1. The van der Waals surface area contributed by atoms with E-state index in [2.05, 4.69) is 29.4 Å². The van der Waals surface area contributed by atoms with Gasteiger partial charge in [-0.3, -0.25) is 4.79 Å². The molecular weight excluding hydrogens is 306 g/mol. The molecule has 1 amide bonds. The number of ether oxygens (including phenoxy) is 1. The Labute approximate surface area is 141 Å². The molecule has 0 spiro atoms. The van der Waals surface area contributed by atoms with Crippen molar-refractivity contribution in [3.05, 3.63) is 30.1 Å². The Bertz CT molecular complexity index is 699. The summed E-state index contributed by atoms with van der Waals surface area (Å²) in [5.41, 5.74) is 1.29. The molecular formula is C17H23N5O2. The topological polar surface area (TPSA) is 73.1 Å². The van der Waals surface area contributed by atoms with E-state index in [1.54, 1.807) is 25.3 Å². The minimum atomic E-state index is 0.0605. The summed E-state index contributed by atoms with van der Waals surface area (Å²) in [7, 11) is 1.59. The Morgan fingerprint density at radius 1 is 1.33 bits per heavy atom. The second kappa shape index (κ2) is 6.98. The minimum absolute atomic E-state index is 0.0605. The van der Waals surface area contributed by atoms with Crippen LogP contribution in [0.2, 0.25) is 0 Å².